The van der Waals surface area contributed by atoms with Crippen molar-refractivity contribution < 1.29 is 4.42 Å². The Balaban J connectivity index is 2.34. The molecule has 4 heteroatoms. The Kier molecular flexibility index (Phi) is 2.76. The van der Waals surface area contributed by atoms with Crippen LogP contribution in [0.4, 0.5) is 0 Å². The Morgan fingerprint density at radius 3 is 2.82 bits per heavy atom. The smallest absolute Gasteiger partial charge is 0.408 e. The van der Waals surface area contributed by atoms with Crippen molar-refractivity contribution in [3.05, 3.63) is 34.8 Å². The number of oxazole rings is 1. The van der Waals surface area contributed by atoms with Gasteiger partial charge in [-0.3, -0.25) is 4.57 Å². The van der Waals surface area contributed by atoms with Crippen LogP contribution in [0.2, 0.25) is 0 Å². The van der Waals surface area contributed by atoms with Gasteiger partial charge in [-0.2, -0.15) is 5.26 Å². The number of para-hydroxylation sites is 2. The molecule has 0 radical (unpaired) electrons. The number of rotatable bonds is 3. The first kappa shape index (κ1) is 11.5. The zero-order valence-corrected chi connectivity index (χ0v) is 9.93. The molecule has 0 aliphatic rings. The standard InChI is InChI=1S/C13H14N2O2/c1-13(2,9-14)7-8-15-10-5-3-4-6-11(10)17-12(15)16/h3-6H,7-8H2,1-2H3. The summed E-state index contributed by atoms with van der Waals surface area (Å²) in [5.41, 5.74) is 0.941. The summed E-state index contributed by atoms with van der Waals surface area (Å²) in [5, 5.41) is 8.94. The first-order valence-electron chi connectivity index (χ1n) is 5.53. The summed E-state index contributed by atoms with van der Waals surface area (Å²) in [6, 6.07) is 9.53. The zero-order chi connectivity index (χ0) is 12.5. The van der Waals surface area contributed by atoms with Crippen LogP contribution in [-0.2, 0) is 6.54 Å². The quantitative estimate of drug-likeness (QED) is 0.814. The van der Waals surface area contributed by atoms with E-state index in [1.54, 1.807) is 10.6 Å². The minimum Gasteiger partial charge on any atom is -0.408 e. The van der Waals surface area contributed by atoms with Gasteiger partial charge < -0.3 is 4.42 Å². The van der Waals surface area contributed by atoms with E-state index in [9.17, 15) is 4.79 Å². The number of aryl methyl sites for hydroxylation is 1. The lowest BCUT2D eigenvalue weighted by atomic mass is 9.91. The van der Waals surface area contributed by atoms with Gasteiger partial charge in [0.25, 0.3) is 0 Å². The number of nitrogens with zero attached hydrogens (tertiary/aromatic N) is 2. The van der Waals surface area contributed by atoms with E-state index in [1.807, 2.05) is 32.0 Å². The third-order valence-corrected chi connectivity index (χ3v) is 2.84. The van der Waals surface area contributed by atoms with E-state index in [2.05, 4.69) is 6.07 Å². The molecule has 4 nitrogen and oxygen atoms in total. The van der Waals surface area contributed by atoms with Crippen LogP contribution >= 0.6 is 0 Å². The fourth-order valence-corrected chi connectivity index (χ4v) is 1.67. The molecule has 1 aromatic heterocycles. The second kappa shape index (κ2) is 4.10. The normalized spacial score (nSPS) is 11.6. The molecule has 0 saturated heterocycles. The van der Waals surface area contributed by atoms with Gasteiger partial charge in [0, 0.05) is 6.54 Å². The molecule has 0 N–H and O–H groups in total. The van der Waals surface area contributed by atoms with Crippen LogP contribution in [0.5, 0.6) is 0 Å². The van der Waals surface area contributed by atoms with Crippen LogP contribution in [0.25, 0.3) is 11.1 Å². The molecular formula is C13H14N2O2. The third-order valence-electron chi connectivity index (χ3n) is 2.84. The number of fused-ring (bicyclic) bond motifs is 1. The van der Waals surface area contributed by atoms with Crippen LogP contribution in [-0.4, -0.2) is 4.57 Å². The van der Waals surface area contributed by atoms with Gasteiger partial charge in [0.05, 0.1) is 17.0 Å². The van der Waals surface area contributed by atoms with E-state index in [4.69, 9.17) is 9.68 Å². The first-order valence-corrected chi connectivity index (χ1v) is 5.53. The largest absolute Gasteiger partial charge is 0.419 e. The molecule has 88 valence electrons. The second-order valence-corrected chi connectivity index (χ2v) is 4.73. The molecule has 2 rings (SSSR count). The van der Waals surface area contributed by atoms with E-state index in [1.165, 1.54) is 0 Å². The van der Waals surface area contributed by atoms with Crippen molar-refractivity contribution in [3.8, 4) is 6.07 Å². The van der Waals surface area contributed by atoms with Crippen molar-refractivity contribution >= 4 is 11.1 Å². The summed E-state index contributed by atoms with van der Waals surface area (Å²) in [6.07, 6.45) is 0.618. The third kappa shape index (κ3) is 2.23. The molecule has 0 spiro atoms. The molecule has 0 atom stereocenters. The molecule has 0 saturated carbocycles. The molecule has 17 heavy (non-hydrogen) atoms. The van der Waals surface area contributed by atoms with Gasteiger partial charge in [-0.15, -0.1) is 0 Å². The minimum atomic E-state index is -0.433. The monoisotopic (exact) mass is 230 g/mol. The lowest BCUT2D eigenvalue weighted by Gasteiger charge is -2.14. The summed E-state index contributed by atoms with van der Waals surface area (Å²) in [5.74, 6) is -0.361. The molecule has 0 bridgehead atoms. The molecule has 0 amide bonds. The molecule has 1 heterocycles. The lowest BCUT2D eigenvalue weighted by Crippen LogP contribution is -2.19. The highest BCUT2D eigenvalue weighted by Crippen LogP contribution is 2.20. The number of hydrogen-bond acceptors (Lipinski definition) is 3. The maximum Gasteiger partial charge on any atom is 0.419 e. The topological polar surface area (TPSA) is 58.9 Å². The highest BCUT2D eigenvalue weighted by molar-refractivity contribution is 5.72. The van der Waals surface area contributed by atoms with Crippen molar-refractivity contribution in [1.82, 2.24) is 4.57 Å². The predicted molar refractivity (Wildman–Crippen MR) is 64.5 cm³/mol. The average Bonchev–Trinajstić information content (AvgIpc) is 2.62. The van der Waals surface area contributed by atoms with Crippen molar-refractivity contribution in [2.45, 2.75) is 26.8 Å². The summed E-state index contributed by atoms with van der Waals surface area (Å²) in [7, 11) is 0. The first-order chi connectivity index (χ1) is 8.03. The van der Waals surface area contributed by atoms with Gasteiger partial charge >= 0.3 is 5.76 Å². The van der Waals surface area contributed by atoms with E-state index in [-0.39, 0.29) is 5.76 Å². The molecule has 0 aliphatic heterocycles. The Bertz CT molecular complexity index is 629. The number of benzene rings is 1. The van der Waals surface area contributed by atoms with E-state index < -0.39 is 5.41 Å². The molecule has 0 unspecified atom stereocenters. The van der Waals surface area contributed by atoms with Gasteiger partial charge in [0.15, 0.2) is 5.58 Å². The van der Waals surface area contributed by atoms with Gasteiger partial charge in [0.2, 0.25) is 0 Å². The van der Waals surface area contributed by atoms with Gasteiger partial charge in [-0.05, 0) is 32.4 Å². The fraction of sp³-hybridized carbons (Fsp3) is 0.385. The summed E-state index contributed by atoms with van der Waals surface area (Å²) in [6.45, 7) is 4.22. The van der Waals surface area contributed by atoms with Crippen molar-refractivity contribution in [3.63, 3.8) is 0 Å². The van der Waals surface area contributed by atoms with Crippen LogP contribution < -0.4 is 5.76 Å². The Hall–Kier alpha value is -2.02. The molecule has 0 aliphatic carbocycles. The molecule has 1 aromatic carbocycles. The van der Waals surface area contributed by atoms with Crippen molar-refractivity contribution in [2.75, 3.05) is 0 Å². The average molecular weight is 230 g/mol. The van der Waals surface area contributed by atoms with E-state index in [0.717, 1.165) is 5.52 Å². The highest BCUT2D eigenvalue weighted by atomic mass is 16.4. The van der Waals surface area contributed by atoms with Crippen LogP contribution in [0.1, 0.15) is 20.3 Å². The van der Waals surface area contributed by atoms with Crippen molar-refractivity contribution in [2.24, 2.45) is 5.41 Å². The number of hydrogen-bond donors (Lipinski definition) is 0. The SMILES string of the molecule is CC(C)(C#N)CCn1c(=O)oc2ccccc21. The van der Waals surface area contributed by atoms with Gasteiger partial charge in [-0.1, -0.05) is 12.1 Å². The number of aromatic nitrogens is 1. The second-order valence-electron chi connectivity index (χ2n) is 4.73. The highest BCUT2D eigenvalue weighted by Gasteiger charge is 2.18. The van der Waals surface area contributed by atoms with Crippen molar-refractivity contribution in [1.29, 1.82) is 5.26 Å². The molecule has 0 fully saturated rings. The summed E-state index contributed by atoms with van der Waals surface area (Å²) in [4.78, 5) is 11.7. The van der Waals surface area contributed by atoms with E-state index in [0.29, 0.717) is 18.5 Å². The van der Waals surface area contributed by atoms with Crippen LogP contribution in [0.3, 0.4) is 0 Å². The van der Waals surface area contributed by atoms with Crippen LogP contribution in [0, 0.1) is 16.7 Å². The van der Waals surface area contributed by atoms with E-state index >= 15 is 0 Å². The molecule has 2 aromatic rings. The summed E-state index contributed by atoms with van der Waals surface area (Å²) < 4.78 is 6.70. The predicted octanol–water partition coefficient (Wildman–Crippen LogP) is 2.53. The van der Waals surface area contributed by atoms with Crippen LogP contribution in [0.15, 0.2) is 33.5 Å². The number of nitriles is 1. The lowest BCUT2D eigenvalue weighted by molar-refractivity contribution is 0.399. The van der Waals surface area contributed by atoms with Gasteiger partial charge in [-0.25, -0.2) is 4.79 Å². The molecular weight excluding hydrogens is 216 g/mol. The minimum absolute atomic E-state index is 0.361. The fourth-order valence-electron chi connectivity index (χ4n) is 1.67. The Morgan fingerprint density at radius 2 is 2.12 bits per heavy atom. The Morgan fingerprint density at radius 1 is 1.41 bits per heavy atom. The maximum atomic E-state index is 11.7. The van der Waals surface area contributed by atoms with Gasteiger partial charge in [0.1, 0.15) is 0 Å². The Labute approximate surface area is 99.1 Å². The zero-order valence-electron chi connectivity index (χ0n) is 9.93. The summed E-state index contributed by atoms with van der Waals surface area (Å²) >= 11 is 0. The maximum absolute atomic E-state index is 11.7.